The Kier molecular flexibility index (Phi) is 5.94. The van der Waals surface area contributed by atoms with Crippen LogP contribution in [0.2, 0.25) is 0 Å². The number of piperazine rings is 1. The minimum atomic E-state index is -0.973. The first-order valence-corrected chi connectivity index (χ1v) is 13.7. The van der Waals surface area contributed by atoms with Crippen molar-refractivity contribution >= 4 is 39.5 Å². The highest BCUT2D eigenvalue weighted by molar-refractivity contribution is 7.90. The van der Waals surface area contributed by atoms with E-state index in [1.54, 1.807) is 39.3 Å². The van der Waals surface area contributed by atoms with Gasteiger partial charge in [0, 0.05) is 52.0 Å². The second kappa shape index (κ2) is 9.29. The van der Waals surface area contributed by atoms with Gasteiger partial charge in [-0.15, -0.1) is 0 Å². The highest BCUT2D eigenvalue weighted by Gasteiger charge is 2.22. The molecule has 12 heteroatoms. The molecular weight excluding hydrogens is 492 g/mol. The molecule has 37 heavy (non-hydrogen) atoms. The van der Waals surface area contributed by atoms with Gasteiger partial charge in [0.15, 0.2) is 16.3 Å². The summed E-state index contributed by atoms with van der Waals surface area (Å²) in [6, 6.07) is 13.4. The van der Waals surface area contributed by atoms with Gasteiger partial charge in [-0.3, -0.25) is 14.0 Å². The van der Waals surface area contributed by atoms with Crippen LogP contribution in [0.1, 0.15) is 0 Å². The highest BCUT2D eigenvalue weighted by atomic mass is 32.2. The third-order valence-corrected chi connectivity index (χ3v) is 7.97. The number of rotatable bonds is 6. The molecule has 0 amide bonds. The normalized spacial score (nSPS) is 15.7. The maximum absolute atomic E-state index is 13.2. The van der Waals surface area contributed by atoms with Gasteiger partial charge in [0.25, 0.3) is 0 Å². The van der Waals surface area contributed by atoms with Gasteiger partial charge in [0.05, 0.1) is 11.8 Å². The molecule has 1 aliphatic rings. The number of nitrogens with two attached hydrogens (primary N) is 1. The number of hydrogen-bond donors (Lipinski definition) is 1. The fourth-order valence-corrected chi connectivity index (χ4v) is 5.51. The van der Waals surface area contributed by atoms with Crippen LogP contribution in [0.25, 0.3) is 28.1 Å². The van der Waals surface area contributed by atoms with E-state index in [9.17, 15) is 9.35 Å². The smallest absolute Gasteiger partial charge is 0.330 e. The van der Waals surface area contributed by atoms with Crippen molar-refractivity contribution in [3.8, 4) is 11.5 Å². The molecule has 0 bridgehead atoms. The molecule has 2 N–H and O–H groups in total. The van der Waals surface area contributed by atoms with Gasteiger partial charge in [-0.25, -0.2) is 4.79 Å². The van der Waals surface area contributed by atoms with E-state index in [4.69, 9.17) is 10.2 Å². The number of benzene rings is 1. The van der Waals surface area contributed by atoms with Crippen molar-refractivity contribution < 1.29 is 8.97 Å². The maximum Gasteiger partial charge on any atom is 0.330 e. The Morgan fingerprint density at radius 1 is 1.11 bits per heavy atom. The molecule has 1 unspecified atom stereocenters. The van der Waals surface area contributed by atoms with Crippen molar-refractivity contribution in [1.29, 1.82) is 0 Å². The van der Waals surface area contributed by atoms with Crippen molar-refractivity contribution in [3.05, 3.63) is 59.2 Å². The Labute approximate surface area is 215 Å². The van der Waals surface area contributed by atoms with Gasteiger partial charge < -0.3 is 19.6 Å². The lowest BCUT2D eigenvalue weighted by Crippen LogP contribution is -2.47. The predicted octanol–water partition coefficient (Wildman–Crippen LogP) is 1.78. The maximum atomic E-state index is 13.2. The molecule has 1 fully saturated rings. The molecule has 0 spiro atoms. The van der Waals surface area contributed by atoms with Crippen molar-refractivity contribution in [2.75, 3.05) is 49.6 Å². The molecule has 0 saturated carbocycles. The largest absolute Gasteiger partial charge is 0.612 e. The number of nitrogen functional groups attached to an aromatic ring is 1. The number of nitrogens with zero attached hydrogens (tertiary/aromatic N) is 7. The zero-order chi connectivity index (χ0) is 25.7. The number of anilines is 2. The van der Waals surface area contributed by atoms with Gasteiger partial charge in [-0.05, 0) is 53.6 Å². The van der Waals surface area contributed by atoms with Crippen LogP contribution in [-0.4, -0.2) is 72.2 Å². The molecule has 4 aromatic heterocycles. The Bertz CT molecular complexity index is 1610. The van der Waals surface area contributed by atoms with E-state index in [1.165, 1.54) is 0 Å². The summed E-state index contributed by atoms with van der Waals surface area (Å²) in [6.07, 6.45) is 3.28. The van der Waals surface area contributed by atoms with E-state index in [1.807, 2.05) is 36.4 Å². The van der Waals surface area contributed by atoms with Crippen molar-refractivity contribution in [2.45, 2.75) is 11.4 Å². The Morgan fingerprint density at radius 3 is 2.54 bits per heavy atom. The van der Waals surface area contributed by atoms with Crippen LogP contribution in [-0.2, 0) is 24.8 Å². The SMILES string of the molecule is Cn1c(=O)n(CCN2CCN(c3ccc([S+](C)[O-])cc3)CC2)c2nc(N)n3nc(-c4ccco4)cc3c21. The lowest BCUT2D eigenvalue weighted by molar-refractivity contribution is 0.248. The zero-order valence-electron chi connectivity index (χ0n) is 20.7. The topological polar surface area (TPSA) is 126 Å². The molecule has 1 aromatic carbocycles. The fraction of sp³-hybridized carbons (Fsp3) is 0.320. The molecular formula is C25H28N8O3S. The third-order valence-electron chi connectivity index (χ3n) is 7.03. The average molecular weight is 521 g/mol. The van der Waals surface area contributed by atoms with E-state index >= 15 is 0 Å². The zero-order valence-corrected chi connectivity index (χ0v) is 21.5. The number of hydrogen-bond acceptors (Lipinski definition) is 8. The van der Waals surface area contributed by atoms with Crippen LogP contribution >= 0.6 is 0 Å². The van der Waals surface area contributed by atoms with E-state index in [0.717, 1.165) is 43.3 Å². The summed E-state index contributed by atoms with van der Waals surface area (Å²) in [7, 11) is 1.75. The molecule has 5 heterocycles. The second-order valence-corrected chi connectivity index (χ2v) is 10.6. The number of aryl methyl sites for hydroxylation is 1. The van der Waals surface area contributed by atoms with Gasteiger partial charge in [0.1, 0.15) is 17.5 Å². The lowest BCUT2D eigenvalue weighted by Gasteiger charge is -2.36. The summed E-state index contributed by atoms with van der Waals surface area (Å²) < 4.78 is 22.0. The van der Waals surface area contributed by atoms with Gasteiger partial charge >= 0.3 is 5.69 Å². The number of fused-ring (bicyclic) bond motifs is 3. The molecule has 1 atom stereocenters. The molecule has 1 saturated heterocycles. The monoisotopic (exact) mass is 520 g/mol. The Morgan fingerprint density at radius 2 is 1.86 bits per heavy atom. The summed E-state index contributed by atoms with van der Waals surface area (Å²) in [4.78, 5) is 23.3. The molecule has 0 radical (unpaired) electrons. The second-order valence-electron chi connectivity index (χ2n) is 9.22. The fourth-order valence-electron chi connectivity index (χ4n) is 4.99. The van der Waals surface area contributed by atoms with Crippen LogP contribution in [0.5, 0.6) is 0 Å². The molecule has 11 nitrogen and oxygen atoms in total. The van der Waals surface area contributed by atoms with E-state index in [2.05, 4.69) is 19.9 Å². The Hall–Kier alpha value is -3.74. The van der Waals surface area contributed by atoms with Crippen LogP contribution in [0, 0.1) is 0 Å². The molecule has 192 valence electrons. The van der Waals surface area contributed by atoms with Crippen LogP contribution in [0.15, 0.2) is 62.8 Å². The summed E-state index contributed by atoms with van der Waals surface area (Å²) in [5.41, 5.74) is 9.83. The van der Waals surface area contributed by atoms with Crippen LogP contribution in [0.3, 0.4) is 0 Å². The minimum absolute atomic E-state index is 0.136. The first-order chi connectivity index (χ1) is 17.9. The molecule has 6 rings (SSSR count). The first kappa shape index (κ1) is 23.6. The average Bonchev–Trinajstić information content (AvgIpc) is 3.64. The summed E-state index contributed by atoms with van der Waals surface area (Å²) in [6.45, 7) is 4.78. The van der Waals surface area contributed by atoms with Gasteiger partial charge in [-0.1, -0.05) is 0 Å². The van der Waals surface area contributed by atoms with Gasteiger partial charge in [-0.2, -0.15) is 14.6 Å². The Balaban J connectivity index is 1.20. The van der Waals surface area contributed by atoms with Crippen molar-refractivity contribution in [2.24, 2.45) is 7.05 Å². The third kappa shape index (κ3) is 4.16. The highest BCUT2D eigenvalue weighted by Crippen LogP contribution is 2.26. The van der Waals surface area contributed by atoms with Gasteiger partial charge in [0.2, 0.25) is 5.95 Å². The van der Waals surface area contributed by atoms with E-state index in [-0.39, 0.29) is 11.6 Å². The first-order valence-electron chi connectivity index (χ1n) is 12.1. The number of aromatic nitrogens is 5. The summed E-state index contributed by atoms with van der Waals surface area (Å²) >= 11 is -0.973. The number of imidazole rings is 1. The number of furan rings is 1. The minimum Gasteiger partial charge on any atom is -0.612 e. The van der Waals surface area contributed by atoms with Crippen molar-refractivity contribution in [3.63, 3.8) is 0 Å². The predicted molar refractivity (Wildman–Crippen MR) is 143 cm³/mol. The summed E-state index contributed by atoms with van der Waals surface area (Å²) in [5.74, 6) is 0.835. The van der Waals surface area contributed by atoms with E-state index < -0.39 is 11.2 Å². The molecule has 1 aliphatic heterocycles. The van der Waals surface area contributed by atoms with E-state index in [0.29, 0.717) is 34.7 Å². The summed E-state index contributed by atoms with van der Waals surface area (Å²) in [5, 5.41) is 4.53. The standard InChI is InChI=1S/C25H28N8O3S/c1-29-22-20-16-19(21-4-3-15-36-21)28-33(20)24(26)27-23(22)32(25(29)34)14-11-30-9-12-31(13-10-30)17-5-7-18(8-6-17)37(2)35/h3-8,15-16H,9-14H2,1-2H3,(H2,26,27). The van der Waals surface area contributed by atoms with Crippen LogP contribution < -0.4 is 16.3 Å². The quantitative estimate of drug-likeness (QED) is 0.336. The lowest BCUT2D eigenvalue weighted by atomic mass is 10.2. The molecule has 0 aliphatic carbocycles. The van der Waals surface area contributed by atoms with Crippen LogP contribution in [0.4, 0.5) is 11.6 Å². The van der Waals surface area contributed by atoms with Crippen molar-refractivity contribution in [1.82, 2.24) is 28.6 Å². The molecule has 5 aromatic rings.